The Morgan fingerprint density at radius 3 is 2.67 bits per heavy atom. The standard InChI is InChI=1S/C15H19N3O2S/c1-11(12-7-5-4-6-8-12)9-13-16-17-15(20-13)21-10-14(19)18(2)3/h4-8,11H,9-10H2,1-3H3. The van der Waals surface area contributed by atoms with Crippen molar-refractivity contribution in [1.82, 2.24) is 15.1 Å². The lowest BCUT2D eigenvalue weighted by Crippen LogP contribution is -2.23. The number of thioether (sulfide) groups is 1. The molecule has 0 aliphatic rings. The van der Waals surface area contributed by atoms with E-state index in [1.165, 1.54) is 17.3 Å². The van der Waals surface area contributed by atoms with Gasteiger partial charge in [-0.2, -0.15) is 0 Å². The Hall–Kier alpha value is -1.82. The van der Waals surface area contributed by atoms with Gasteiger partial charge in [-0.05, 0) is 11.5 Å². The average Bonchev–Trinajstić information content (AvgIpc) is 2.93. The fourth-order valence-corrected chi connectivity index (χ4v) is 2.55. The Balaban J connectivity index is 1.90. The lowest BCUT2D eigenvalue weighted by molar-refractivity contribution is -0.125. The molecule has 1 heterocycles. The van der Waals surface area contributed by atoms with E-state index >= 15 is 0 Å². The number of hydrogen-bond acceptors (Lipinski definition) is 5. The molecule has 1 amide bonds. The molecule has 0 spiro atoms. The molecular formula is C15H19N3O2S. The highest BCUT2D eigenvalue weighted by Crippen LogP contribution is 2.22. The van der Waals surface area contributed by atoms with E-state index in [0.29, 0.717) is 29.2 Å². The van der Waals surface area contributed by atoms with E-state index in [9.17, 15) is 4.79 Å². The van der Waals surface area contributed by atoms with Gasteiger partial charge in [0.1, 0.15) is 0 Å². The number of carbonyl (C=O) groups is 1. The summed E-state index contributed by atoms with van der Waals surface area (Å²) >= 11 is 1.27. The first-order chi connectivity index (χ1) is 10.1. The van der Waals surface area contributed by atoms with E-state index in [2.05, 4.69) is 29.3 Å². The Labute approximate surface area is 128 Å². The predicted octanol–water partition coefficient (Wildman–Crippen LogP) is 2.60. The van der Waals surface area contributed by atoms with Crippen LogP contribution < -0.4 is 0 Å². The number of hydrogen-bond donors (Lipinski definition) is 0. The zero-order valence-corrected chi connectivity index (χ0v) is 13.3. The largest absolute Gasteiger partial charge is 0.416 e. The molecule has 0 aliphatic heterocycles. The van der Waals surface area contributed by atoms with Crippen LogP contribution in [0.4, 0.5) is 0 Å². The molecule has 21 heavy (non-hydrogen) atoms. The summed E-state index contributed by atoms with van der Waals surface area (Å²) in [5.41, 5.74) is 1.24. The molecule has 1 aromatic heterocycles. The maximum absolute atomic E-state index is 11.5. The van der Waals surface area contributed by atoms with Crippen molar-refractivity contribution in [2.45, 2.75) is 24.5 Å². The van der Waals surface area contributed by atoms with Crippen LogP contribution in [0.3, 0.4) is 0 Å². The van der Waals surface area contributed by atoms with Crippen LogP contribution in [0.2, 0.25) is 0 Å². The number of nitrogens with zero attached hydrogens (tertiary/aromatic N) is 3. The van der Waals surface area contributed by atoms with Crippen LogP contribution in [-0.2, 0) is 11.2 Å². The van der Waals surface area contributed by atoms with Gasteiger partial charge < -0.3 is 9.32 Å². The fraction of sp³-hybridized carbons (Fsp3) is 0.400. The van der Waals surface area contributed by atoms with Gasteiger partial charge in [0.05, 0.1) is 5.75 Å². The van der Waals surface area contributed by atoms with Crippen LogP contribution in [0, 0.1) is 0 Å². The third-order valence-corrected chi connectivity index (χ3v) is 3.92. The topological polar surface area (TPSA) is 59.2 Å². The molecule has 2 rings (SSSR count). The molecule has 0 radical (unpaired) electrons. The molecular weight excluding hydrogens is 286 g/mol. The van der Waals surface area contributed by atoms with Crippen molar-refractivity contribution < 1.29 is 9.21 Å². The van der Waals surface area contributed by atoms with E-state index < -0.39 is 0 Å². The van der Waals surface area contributed by atoms with Crippen LogP contribution in [0.25, 0.3) is 0 Å². The minimum absolute atomic E-state index is 0.0254. The molecule has 112 valence electrons. The van der Waals surface area contributed by atoms with Crippen molar-refractivity contribution in [1.29, 1.82) is 0 Å². The van der Waals surface area contributed by atoms with E-state index in [-0.39, 0.29) is 5.91 Å². The highest BCUT2D eigenvalue weighted by molar-refractivity contribution is 7.99. The molecule has 5 nitrogen and oxygen atoms in total. The normalized spacial score (nSPS) is 12.1. The highest BCUT2D eigenvalue weighted by Gasteiger charge is 2.14. The summed E-state index contributed by atoms with van der Waals surface area (Å²) in [7, 11) is 3.45. The molecule has 6 heteroatoms. The quantitative estimate of drug-likeness (QED) is 0.768. The molecule has 0 fully saturated rings. The smallest absolute Gasteiger partial charge is 0.277 e. The van der Waals surface area contributed by atoms with Crippen molar-refractivity contribution in [2.75, 3.05) is 19.8 Å². The molecule has 2 aromatic rings. The molecule has 0 N–H and O–H groups in total. The third kappa shape index (κ3) is 4.60. The summed E-state index contributed by atoms with van der Waals surface area (Å²) < 4.78 is 5.58. The molecule has 0 aliphatic carbocycles. The monoisotopic (exact) mass is 305 g/mol. The number of benzene rings is 1. The zero-order valence-electron chi connectivity index (χ0n) is 12.4. The van der Waals surface area contributed by atoms with Gasteiger partial charge in [0.15, 0.2) is 0 Å². The van der Waals surface area contributed by atoms with Gasteiger partial charge in [-0.15, -0.1) is 10.2 Å². The van der Waals surface area contributed by atoms with E-state index in [4.69, 9.17) is 4.42 Å². The molecule has 1 atom stereocenters. The predicted molar refractivity (Wildman–Crippen MR) is 82.3 cm³/mol. The van der Waals surface area contributed by atoms with Crippen LogP contribution in [-0.4, -0.2) is 40.9 Å². The van der Waals surface area contributed by atoms with E-state index in [1.807, 2.05) is 18.2 Å². The van der Waals surface area contributed by atoms with Gasteiger partial charge in [0, 0.05) is 20.5 Å². The Morgan fingerprint density at radius 2 is 2.00 bits per heavy atom. The number of carbonyl (C=O) groups excluding carboxylic acids is 1. The average molecular weight is 305 g/mol. The Kier molecular flexibility index (Phi) is 5.38. The maximum Gasteiger partial charge on any atom is 0.277 e. The zero-order chi connectivity index (χ0) is 15.2. The summed E-state index contributed by atoms with van der Waals surface area (Å²) in [6, 6.07) is 10.2. The van der Waals surface area contributed by atoms with Crippen molar-refractivity contribution in [3.8, 4) is 0 Å². The van der Waals surface area contributed by atoms with Gasteiger partial charge in [-0.3, -0.25) is 4.79 Å². The second kappa shape index (κ2) is 7.26. The van der Waals surface area contributed by atoms with Crippen molar-refractivity contribution in [3.05, 3.63) is 41.8 Å². The number of aromatic nitrogens is 2. The number of amides is 1. The van der Waals surface area contributed by atoms with Crippen LogP contribution >= 0.6 is 11.8 Å². The molecule has 1 unspecified atom stereocenters. The van der Waals surface area contributed by atoms with Crippen molar-refractivity contribution in [2.24, 2.45) is 0 Å². The van der Waals surface area contributed by atoms with Crippen LogP contribution in [0.15, 0.2) is 40.0 Å². The second-order valence-electron chi connectivity index (χ2n) is 5.05. The third-order valence-electron chi connectivity index (χ3n) is 3.12. The number of rotatable bonds is 6. The van der Waals surface area contributed by atoms with Crippen molar-refractivity contribution in [3.63, 3.8) is 0 Å². The van der Waals surface area contributed by atoms with E-state index in [1.54, 1.807) is 19.0 Å². The van der Waals surface area contributed by atoms with E-state index in [0.717, 1.165) is 0 Å². The maximum atomic E-state index is 11.5. The summed E-state index contributed by atoms with van der Waals surface area (Å²) in [4.78, 5) is 13.0. The van der Waals surface area contributed by atoms with Gasteiger partial charge in [0.2, 0.25) is 11.8 Å². The minimum atomic E-state index is 0.0254. The summed E-state index contributed by atoms with van der Waals surface area (Å²) in [5, 5.41) is 8.46. The summed E-state index contributed by atoms with van der Waals surface area (Å²) in [5.74, 6) is 1.25. The van der Waals surface area contributed by atoms with Gasteiger partial charge in [0.25, 0.3) is 5.22 Å². The second-order valence-corrected chi connectivity index (χ2v) is 5.98. The molecule has 1 aromatic carbocycles. The lowest BCUT2D eigenvalue weighted by Gasteiger charge is -2.08. The first-order valence-corrected chi connectivity index (χ1v) is 7.75. The molecule has 0 saturated heterocycles. The van der Waals surface area contributed by atoms with Gasteiger partial charge in [-0.1, -0.05) is 49.0 Å². The molecule has 0 saturated carbocycles. The highest BCUT2D eigenvalue weighted by atomic mass is 32.2. The SMILES string of the molecule is CC(Cc1nnc(SCC(=O)N(C)C)o1)c1ccccc1. The minimum Gasteiger partial charge on any atom is -0.416 e. The lowest BCUT2D eigenvalue weighted by atomic mass is 9.98. The summed E-state index contributed by atoms with van der Waals surface area (Å²) in [6.07, 6.45) is 0.694. The summed E-state index contributed by atoms with van der Waals surface area (Å²) in [6.45, 7) is 2.13. The molecule has 0 bridgehead atoms. The first-order valence-electron chi connectivity index (χ1n) is 6.76. The van der Waals surface area contributed by atoms with Crippen LogP contribution in [0.1, 0.15) is 24.3 Å². The fourth-order valence-electron chi connectivity index (χ4n) is 1.79. The Morgan fingerprint density at radius 1 is 1.29 bits per heavy atom. The van der Waals surface area contributed by atoms with Crippen molar-refractivity contribution >= 4 is 17.7 Å². The first kappa shape index (κ1) is 15.6. The van der Waals surface area contributed by atoms with Gasteiger partial charge in [-0.25, -0.2) is 0 Å². The van der Waals surface area contributed by atoms with Gasteiger partial charge >= 0.3 is 0 Å². The van der Waals surface area contributed by atoms with Crippen LogP contribution in [0.5, 0.6) is 0 Å². The Bertz CT molecular complexity index is 584.